The molecule has 8 N–H and O–H groups in total. The van der Waals surface area contributed by atoms with Crippen molar-refractivity contribution in [2.24, 2.45) is 0 Å². The van der Waals surface area contributed by atoms with Crippen LogP contribution in [0.4, 0.5) is 11.5 Å². The minimum atomic E-state index is -5.69. The van der Waals surface area contributed by atoms with Crippen LogP contribution in [0.2, 0.25) is 0 Å². The summed E-state index contributed by atoms with van der Waals surface area (Å²) in [4.78, 5) is 73.3. The van der Waals surface area contributed by atoms with Crippen molar-refractivity contribution in [3.8, 4) is 34.3 Å². The molecule has 2 aliphatic heterocycles. The summed E-state index contributed by atoms with van der Waals surface area (Å²) < 4.78 is 62.9. The highest BCUT2D eigenvalue weighted by molar-refractivity contribution is 7.66. The Bertz CT molecular complexity index is 3100. The molecule has 4 heterocycles. The second-order valence-corrected chi connectivity index (χ2v) is 19.2. The second-order valence-electron chi connectivity index (χ2n) is 14.8. The number of nitrogens with two attached hydrogens (primary N) is 1. The molecule has 7 rings (SSSR count). The number of hydrogen-bond donors (Lipinski definition) is 7. The Labute approximate surface area is 363 Å². The third-order valence-corrected chi connectivity index (χ3v) is 13.7. The van der Waals surface area contributed by atoms with Gasteiger partial charge in [0.1, 0.15) is 49.5 Å². The average Bonchev–Trinajstić information content (AvgIpc) is 3.84. The lowest BCUT2D eigenvalue weighted by atomic mass is 9.89. The summed E-state index contributed by atoms with van der Waals surface area (Å²) in [6.45, 7) is -0.796. The van der Waals surface area contributed by atoms with E-state index in [0.29, 0.717) is 56.4 Å². The average molecular weight is 941 g/mol. The van der Waals surface area contributed by atoms with Gasteiger partial charge in [0.2, 0.25) is 5.36 Å². The first-order valence-corrected chi connectivity index (χ1v) is 23.5. The van der Waals surface area contributed by atoms with Gasteiger partial charge < -0.3 is 54.4 Å². The number of nitrogens with one attached hydrogen (secondary N) is 1. The number of hydrogen-bond acceptors (Lipinski definition) is 14. The molecule has 0 bridgehead atoms. The fourth-order valence-corrected chi connectivity index (χ4v) is 10.1. The Kier molecular flexibility index (Phi) is 13.0. The van der Waals surface area contributed by atoms with Crippen molar-refractivity contribution in [3.05, 3.63) is 89.2 Å². The molecule has 2 aromatic heterocycles. The van der Waals surface area contributed by atoms with Crippen LogP contribution in [-0.4, -0.2) is 98.5 Å². The predicted octanol–water partition coefficient (Wildman–Crippen LogP) is 4.13. The molecule has 1 amide bonds. The Balaban J connectivity index is 1.09. The first-order chi connectivity index (χ1) is 30.1. The van der Waals surface area contributed by atoms with E-state index in [1.54, 1.807) is 22.9 Å². The molecule has 4 atom stereocenters. The molecular weight excluding hydrogens is 899 g/mol. The van der Waals surface area contributed by atoms with E-state index in [9.17, 15) is 38.2 Å². The van der Waals surface area contributed by atoms with Crippen molar-refractivity contribution in [2.75, 3.05) is 52.0 Å². The number of ether oxygens (including phenoxy) is 1. The zero-order valence-corrected chi connectivity index (χ0v) is 37.0. The van der Waals surface area contributed by atoms with Crippen LogP contribution in [0, 0.1) is 11.8 Å². The van der Waals surface area contributed by atoms with E-state index in [1.165, 1.54) is 12.4 Å². The van der Waals surface area contributed by atoms with Crippen LogP contribution in [-0.2, 0) is 31.6 Å². The minimum Gasteiger partial charge on any atom is -0.478 e. The number of phosphoric ester groups is 1. The molecular formula is C39H41N7O15P3+. The van der Waals surface area contributed by atoms with Crippen molar-refractivity contribution >= 4 is 68.9 Å². The van der Waals surface area contributed by atoms with Gasteiger partial charge in [-0.25, -0.2) is 33.0 Å². The van der Waals surface area contributed by atoms with Gasteiger partial charge in [0.25, 0.3) is 5.91 Å². The molecule has 1 saturated heterocycles. The first kappa shape index (κ1) is 46.2. The topological polar surface area (TPSA) is 312 Å². The number of carboxylic acid groups (broad SMARTS) is 1. The van der Waals surface area contributed by atoms with Gasteiger partial charge in [0.05, 0.1) is 41.8 Å². The highest BCUT2D eigenvalue weighted by atomic mass is 31.3. The number of carbonyl (C=O) groups excluding carboxylic acids is 1. The van der Waals surface area contributed by atoms with Crippen LogP contribution >= 0.6 is 23.5 Å². The summed E-state index contributed by atoms with van der Waals surface area (Å²) in [5.74, 6) is 4.63. The molecule has 0 spiro atoms. The number of amides is 1. The summed E-state index contributed by atoms with van der Waals surface area (Å²) >= 11 is 0. The molecule has 0 radical (unpaired) electrons. The highest BCUT2D eigenvalue weighted by Crippen LogP contribution is 2.66. The van der Waals surface area contributed by atoms with E-state index in [2.05, 4.69) is 35.7 Å². The molecule has 3 aliphatic rings. The number of aromatic nitrogens is 3. The summed E-state index contributed by atoms with van der Waals surface area (Å²) in [7, 11) is -8.99. The van der Waals surface area contributed by atoms with Crippen LogP contribution in [0.15, 0.2) is 71.5 Å². The molecule has 64 heavy (non-hydrogen) atoms. The molecule has 22 nitrogen and oxygen atoms in total. The fourth-order valence-electron chi connectivity index (χ4n) is 7.08. The van der Waals surface area contributed by atoms with Crippen molar-refractivity contribution < 1.29 is 70.3 Å². The molecule has 25 heteroatoms. The monoisotopic (exact) mass is 940 g/mol. The van der Waals surface area contributed by atoms with Gasteiger partial charge in [-0.3, -0.25) is 9.32 Å². The van der Waals surface area contributed by atoms with Gasteiger partial charge in [-0.15, -0.1) is 0 Å². The van der Waals surface area contributed by atoms with E-state index < -0.39 is 54.3 Å². The Hall–Kier alpha value is -5.78. The van der Waals surface area contributed by atoms with Crippen molar-refractivity contribution in [2.45, 2.75) is 25.2 Å². The fraction of sp³-hybridized carbons (Fsp3) is 0.256. The lowest BCUT2D eigenvalue weighted by molar-refractivity contribution is -0.0202. The number of benzene rings is 3. The van der Waals surface area contributed by atoms with Gasteiger partial charge in [-0.2, -0.15) is 8.62 Å². The second kappa shape index (κ2) is 18.0. The highest BCUT2D eigenvalue weighted by Gasteiger charge is 2.41. The van der Waals surface area contributed by atoms with Crippen molar-refractivity contribution in [1.82, 2.24) is 24.4 Å². The van der Waals surface area contributed by atoms with E-state index in [4.69, 9.17) is 29.2 Å². The number of aromatic carboxylic acids is 1. The van der Waals surface area contributed by atoms with Gasteiger partial charge in [-0.05, 0) is 48.7 Å². The summed E-state index contributed by atoms with van der Waals surface area (Å²) in [6, 6.07) is 15.8. The molecule has 0 saturated carbocycles. The quantitative estimate of drug-likeness (QED) is 0.0370. The Morgan fingerprint density at radius 1 is 0.984 bits per heavy atom. The van der Waals surface area contributed by atoms with Gasteiger partial charge in [0, 0.05) is 60.2 Å². The van der Waals surface area contributed by atoms with Gasteiger partial charge in [0.15, 0.2) is 0 Å². The maximum Gasteiger partial charge on any atom is 0.490 e. The van der Waals surface area contributed by atoms with Crippen molar-refractivity contribution in [3.63, 3.8) is 0 Å². The van der Waals surface area contributed by atoms with Gasteiger partial charge in [-0.1, -0.05) is 17.9 Å². The smallest absolute Gasteiger partial charge is 0.478 e. The van der Waals surface area contributed by atoms with Crippen LogP contribution in [0.1, 0.15) is 45.3 Å². The number of nitrogens with zero attached hydrogens (tertiary/aromatic N) is 5. The number of anilines is 2. The minimum absolute atomic E-state index is 0.0806. The number of carbonyl (C=O) groups is 2. The largest absolute Gasteiger partial charge is 0.490 e. The van der Waals surface area contributed by atoms with E-state index in [-0.39, 0.29) is 29.9 Å². The first-order valence-electron chi connectivity index (χ1n) is 19.0. The molecule has 2 unspecified atom stereocenters. The summed E-state index contributed by atoms with van der Waals surface area (Å²) in [5, 5.41) is 15.1. The maximum absolute atomic E-state index is 13.4. The van der Waals surface area contributed by atoms with Gasteiger partial charge >= 0.3 is 29.4 Å². The Morgan fingerprint density at radius 3 is 2.44 bits per heavy atom. The molecule has 1 aliphatic carbocycles. The molecule has 4 aromatic rings. The lowest BCUT2D eigenvalue weighted by Gasteiger charge is -2.19. The number of nitrogen functional groups attached to an aromatic ring is 1. The van der Waals surface area contributed by atoms with E-state index in [1.807, 2.05) is 74.1 Å². The maximum atomic E-state index is 13.4. The third-order valence-electron chi connectivity index (χ3n) is 9.94. The SMILES string of the molecule is CN(C)c1ccc2c(-c3ccc(C(=O)NCC#Cc4cn([C@H]5CC[C@@H](COP(=O)(O)OP(=O)(O)OP(=O)(O)O)O5)c5ncnc(N)c45)cc3C(=O)O)c3ccc(=[N+](C)C)cc-3oc2c1. The predicted molar refractivity (Wildman–Crippen MR) is 231 cm³/mol. The third kappa shape index (κ3) is 10.3. The lowest BCUT2D eigenvalue weighted by Crippen LogP contribution is -2.24. The Morgan fingerprint density at radius 2 is 1.73 bits per heavy atom. The molecule has 2 aromatic carbocycles. The number of fused-ring (bicyclic) bond motifs is 3. The van der Waals surface area contributed by atoms with Crippen LogP contribution in [0.3, 0.4) is 0 Å². The van der Waals surface area contributed by atoms with Crippen LogP contribution in [0.25, 0.3) is 44.5 Å². The molecule has 336 valence electrons. The summed E-state index contributed by atoms with van der Waals surface area (Å²) in [5.41, 5.74) is 10.0. The van der Waals surface area contributed by atoms with E-state index >= 15 is 0 Å². The standard InChI is InChI=1S/C39H40N7O15P3/c1-44(2)24-8-12-28-31(17-24)59-32-18-25(45(3)4)9-13-29(32)35(28)27-11-7-22(16-30(27)39(48)49)38(47)41-15-5-6-23-19-46(37-34(23)36(40)42-21-43-37)33-14-10-26(58-33)20-57-63(53,54)61-64(55,56)60-62(50,51)52/h7-9,11-13,16-19,21,26,33H,10,14-15,20H2,1-4H3,(H7-,40,41,42,43,47,48,49,50,51,52,53,54,55,56)/p+1/t26-,33+/m0/s1. The van der Waals surface area contributed by atoms with E-state index in [0.717, 1.165) is 11.0 Å². The number of carboxylic acids is 1. The van der Waals surface area contributed by atoms with Crippen LogP contribution in [0.5, 0.6) is 0 Å². The zero-order chi connectivity index (χ0) is 46.3. The van der Waals surface area contributed by atoms with Crippen LogP contribution < -0.4 is 25.9 Å². The summed E-state index contributed by atoms with van der Waals surface area (Å²) in [6.07, 6.45) is 1.79. The normalized spacial score (nSPS) is 17.1. The van der Waals surface area contributed by atoms with Crippen molar-refractivity contribution in [1.29, 1.82) is 0 Å². The molecule has 1 fully saturated rings. The number of rotatable bonds is 13. The zero-order valence-electron chi connectivity index (χ0n) is 34.3. The number of phosphoric acid groups is 3.